The Bertz CT molecular complexity index is 1210. The van der Waals surface area contributed by atoms with Crippen LogP contribution in [0.25, 0.3) is 0 Å². The highest BCUT2D eigenvalue weighted by Crippen LogP contribution is 2.65. The number of hydrogen-bond donors (Lipinski definition) is 1. The maximum absolute atomic E-state index is 13.3. The van der Waals surface area contributed by atoms with Crippen molar-refractivity contribution in [2.75, 3.05) is 16.8 Å². The number of benzene rings is 2. The van der Waals surface area contributed by atoms with Crippen molar-refractivity contribution in [3.05, 3.63) is 71.8 Å². The van der Waals surface area contributed by atoms with Gasteiger partial charge in [-0.2, -0.15) is 0 Å². The van der Waals surface area contributed by atoms with E-state index in [9.17, 15) is 19.2 Å². The smallest absolute Gasteiger partial charge is 0.338 e. The number of esters is 1. The minimum Gasteiger partial charge on any atom is -0.462 e. The van der Waals surface area contributed by atoms with Crippen molar-refractivity contribution < 1.29 is 23.9 Å². The highest BCUT2D eigenvalue weighted by Gasteiger charge is 2.67. The summed E-state index contributed by atoms with van der Waals surface area (Å²) in [5.41, 5.74) is 1.87. The van der Waals surface area contributed by atoms with Crippen LogP contribution in [0, 0.1) is 35.5 Å². The maximum Gasteiger partial charge on any atom is 0.338 e. The number of amides is 3. The summed E-state index contributed by atoms with van der Waals surface area (Å²) in [6, 6.07) is 13.0. The van der Waals surface area contributed by atoms with Crippen molar-refractivity contribution in [3.63, 3.8) is 0 Å². The molecule has 0 radical (unpaired) electrons. The Hall–Kier alpha value is -3.74. The van der Waals surface area contributed by atoms with Crippen LogP contribution in [-0.4, -0.2) is 30.3 Å². The van der Waals surface area contributed by atoms with Gasteiger partial charge in [-0.15, -0.1) is 0 Å². The Morgan fingerprint density at radius 1 is 0.886 bits per heavy atom. The van der Waals surface area contributed by atoms with E-state index in [-0.39, 0.29) is 41.4 Å². The zero-order valence-corrected chi connectivity index (χ0v) is 19.3. The fourth-order valence-electron chi connectivity index (χ4n) is 6.14. The standard InChI is InChI=1S/C28H26N2O5/c1-2-13-35-28(34)16-3-7-17(8-4-16)29-25(31)15-5-9-18(10-6-15)30-26(32)23-19-11-12-20(22-14-21(19)22)24(23)27(30)33/h3-12,19-24H,2,13-14H2,1H3,(H,29,31)/t19-,20+,21-,22-,23+,24+/m1/s1. The molecule has 0 spiro atoms. The number of imide groups is 1. The molecule has 7 rings (SSSR count). The summed E-state index contributed by atoms with van der Waals surface area (Å²) in [6.45, 7) is 2.29. The predicted molar refractivity (Wildman–Crippen MR) is 129 cm³/mol. The second-order valence-corrected chi connectivity index (χ2v) is 9.88. The van der Waals surface area contributed by atoms with E-state index < -0.39 is 5.97 Å². The van der Waals surface area contributed by atoms with Crippen molar-refractivity contribution in [1.29, 1.82) is 0 Å². The first-order valence-corrected chi connectivity index (χ1v) is 12.2. The van der Waals surface area contributed by atoms with Crippen LogP contribution in [-0.2, 0) is 14.3 Å². The molecule has 5 aliphatic rings. The molecule has 178 valence electrons. The Labute approximate surface area is 203 Å². The van der Waals surface area contributed by atoms with Gasteiger partial charge >= 0.3 is 5.97 Å². The number of hydrogen-bond acceptors (Lipinski definition) is 5. The van der Waals surface area contributed by atoms with E-state index in [0.29, 0.717) is 40.9 Å². The molecule has 0 unspecified atom stereocenters. The van der Waals surface area contributed by atoms with Crippen molar-refractivity contribution >= 4 is 35.1 Å². The number of rotatable bonds is 6. The number of anilines is 2. The zero-order chi connectivity index (χ0) is 24.3. The van der Waals surface area contributed by atoms with Gasteiger partial charge < -0.3 is 10.1 Å². The quantitative estimate of drug-likeness (QED) is 0.390. The molecule has 1 heterocycles. The highest BCUT2D eigenvalue weighted by molar-refractivity contribution is 6.22. The summed E-state index contributed by atoms with van der Waals surface area (Å²) in [7, 11) is 0. The Morgan fingerprint density at radius 3 is 2.03 bits per heavy atom. The van der Waals surface area contributed by atoms with Gasteiger partial charge in [0.25, 0.3) is 5.91 Å². The number of nitrogens with one attached hydrogen (secondary N) is 1. The molecule has 2 bridgehead atoms. The van der Waals surface area contributed by atoms with Crippen LogP contribution in [0.1, 0.15) is 40.5 Å². The molecule has 3 amide bonds. The van der Waals surface area contributed by atoms with E-state index in [1.165, 1.54) is 4.90 Å². The molecule has 1 aliphatic heterocycles. The van der Waals surface area contributed by atoms with E-state index in [1.54, 1.807) is 48.5 Å². The third-order valence-electron chi connectivity index (χ3n) is 7.87. The van der Waals surface area contributed by atoms with Crippen LogP contribution >= 0.6 is 0 Å². The van der Waals surface area contributed by atoms with Gasteiger partial charge in [-0.05, 0) is 85.0 Å². The van der Waals surface area contributed by atoms with Crippen LogP contribution in [0.2, 0.25) is 0 Å². The minimum absolute atomic E-state index is 0.112. The molecule has 1 saturated heterocycles. The first-order chi connectivity index (χ1) is 17.0. The summed E-state index contributed by atoms with van der Waals surface area (Å²) in [5, 5.41) is 2.80. The largest absolute Gasteiger partial charge is 0.462 e. The number of carbonyl (C=O) groups is 4. The molecular weight excluding hydrogens is 444 g/mol. The van der Waals surface area contributed by atoms with Gasteiger partial charge in [0.1, 0.15) is 0 Å². The van der Waals surface area contributed by atoms with Gasteiger partial charge in [-0.3, -0.25) is 19.3 Å². The van der Waals surface area contributed by atoms with Crippen LogP contribution in [0.3, 0.4) is 0 Å². The van der Waals surface area contributed by atoms with Gasteiger partial charge in [0.2, 0.25) is 11.8 Å². The third-order valence-corrected chi connectivity index (χ3v) is 7.87. The molecule has 4 aliphatic carbocycles. The van der Waals surface area contributed by atoms with Gasteiger partial charge in [-0.25, -0.2) is 4.79 Å². The molecule has 7 heteroatoms. The Morgan fingerprint density at radius 2 is 1.46 bits per heavy atom. The molecular formula is C28H26N2O5. The summed E-state index contributed by atoms with van der Waals surface area (Å²) < 4.78 is 5.11. The van der Waals surface area contributed by atoms with Crippen molar-refractivity contribution in [1.82, 2.24) is 0 Å². The van der Waals surface area contributed by atoms with E-state index in [2.05, 4.69) is 17.5 Å². The number of nitrogens with zero attached hydrogens (tertiary/aromatic N) is 1. The average Bonchev–Trinajstić information content (AvgIpc) is 3.66. The summed E-state index contributed by atoms with van der Waals surface area (Å²) >= 11 is 0. The molecule has 2 aromatic carbocycles. The molecule has 6 atom stereocenters. The maximum atomic E-state index is 13.3. The topological polar surface area (TPSA) is 92.8 Å². The van der Waals surface area contributed by atoms with Crippen LogP contribution in [0.15, 0.2) is 60.7 Å². The predicted octanol–water partition coefficient (Wildman–Crippen LogP) is 4.06. The Balaban J connectivity index is 1.13. The van der Waals surface area contributed by atoms with Crippen LogP contribution in [0.4, 0.5) is 11.4 Å². The van der Waals surface area contributed by atoms with Crippen molar-refractivity contribution in [3.8, 4) is 0 Å². The number of allylic oxidation sites excluding steroid dienone is 2. The van der Waals surface area contributed by atoms with Gasteiger partial charge in [0, 0.05) is 11.3 Å². The summed E-state index contributed by atoms with van der Waals surface area (Å²) in [5.74, 6) is 0.0506. The van der Waals surface area contributed by atoms with Crippen LogP contribution in [0.5, 0.6) is 0 Å². The van der Waals surface area contributed by atoms with Crippen molar-refractivity contribution in [2.45, 2.75) is 19.8 Å². The Kier molecular flexibility index (Phi) is 5.09. The SMILES string of the molecule is CCCOC(=O)c1ccc(NC(=O)c2ccc(N3C(=O)[C@H]4[C@@H]5C=C[C@@H]([C@H]6C[C@H]56)[C@@H]4C3=O)cc2)cc1. The van der Waals surface area contributed by atoms with E-state index >= 15 is 0 Å². The molecule has 7 nitrogen and oxygen atoms in total. The summed E-state index contributed by atoms with van der Waals surface area (Å²) in [6.07, 6.45) is 6.19. The third kappa shape index (κ3) is 3.49. The van der Waals surface area contributed by atoms with Crippen LogP contribution < -0.4 is 10.2 Å². The second kappa shape index (κ2) is 8.18. The fraction of sp³-hybridized carbons (Fsp3) is 0.357. The average molecular weight is 471 g/mol. The molecule has 1 N–H and O–H groups in total. The first-order valence-electron chi connectivity index (χ1n) is 12.2. The lowest BCUT2D eigenvalue weighted by Crippen LogP contribution is -2.40. The molecule has 35 heavy (non-hydrogen) atoms. The highest BCUT2D eigenvalue weighted by atomic mass is 16.5. The zero-order valence-electron chi connectivity index (χ0n) is 19.3. The van der Waals surface area contributed by atoms with E-state index in [1.807, 2.05) is 6.92 Å². The second-order valence-electron chi connectivity index (χ2n) is 9.88. The van der Waals surface area contributed by atoms with E-state index in [0.717, 1.165) is 12.8 Å². The van der Waals surface area contributed by atoms with Gasteiger partial charge in [0.05, 0.1) is 29.7 Å². The molecule has 2 aromatic rings. The fourth-order valence-corrected chi connectivity index (χ4v) is 6.14. The van der Waals surface area contributed by atoms with E-state index in [4.69, 9.17) is 4.74 Å². The molecule has 3 fully saturated rings. The first kappa shape index (κ1) is 21.8. The normalized spacial score (nSPS) is 29.6. The lowest BCUT2D eigenvalue weighted by molar-refractivity contribution is -0.124. The molecule has 2 saturated carbocycles. The lowest BCUT2D eigenvalue weighted by atomic mass is 9.63. The number of carbonyl (C=O) groups excluding carboxylic acids is 4. The summed E-state index contributed by atoms with van der Waals surface area (Å²) in [4.78, 5) is 52.5. The van der Waals surface area contributed by atoms with Crippen molar-refractivity contribution in [2.24, 2.45) is 35.5 Å². The van der Waals surface area contributed by atoms with Gasteiger partial charge in [0.15, 0.2) is 0 Å². The van der Waals surface area contributed by atoms with Gasteiger partial charge in [-0.1, -0.05) is 19.1 Å². The minimum atomic E-state index is -0.396. The molecule has 0 aromatic heterocycles. The number of ether oxygens (including phenoxy) is 1. The lowest BCUT2D eigenvalue weighted by Gasteiger charge is -2.37. The monoisotopic (exact) mass is 470 g/mol.